The van der Waals surface area contributed by atoms with Crippen LogP contribution in [-0.2, 0) is 0 Å². The summed E-state index contributed by atoms with van der Waals surface area (Å²) < 4.78 is 0. The molecule has 17 heavy (non-hydrogen) atoms. The fourth-order valence-corrected chi connectivity index (χ4v) is 2.62. The standard InChI is InChI=1S/C12H14N2O3/c15-8-2-1-3-9(16)10(8)12(17)14-11-6-4-13-5-7(6)11/h1-3,6-7,11,13,15-16H,4-5H2,(H,14,17). The molecule has 2 unspecified atom stereocenters. The van der Waals surface area contributed by atoms with Crippen molar-refractivity contribution >= 4 is 5.91 Å². The molecule has 2 fully saturated rings. The van der Waals surface area contributed by atoms with Crippen molar-refractivity contribution in [3.8, 4) is 11.5 Å². The Balaban J connectivity index is 1.74. The van der Waals surface area contributed by atoms with Gasteiger partial charge in [-0.1, -0.05) is 6.07 Å². The van der Waals surface area contributed by atoms with Crippen molar-refractivity contribution in [2.24, 2.45) is 11.8 Å². The molecule has 90 valence electrons. The Labute approximate surface area is 98.5 Å². The first-order chi connectivity index (χ1) is 8.18. The first kappa shape index (κ1) is 10.4. The van der Waals surface area contributed by atoms with Crippen LogP contribution in [0.4, 0.5) is 0 Å². The Kier molecular flexibility index (Phi) is 2.22. The third kappa shape index (κ3) is 1.63. The van der Waals surface area contributed by atoms with E-state index < -0.39 is 5.91 Å². The van der Waals surface area contributed by atoms with E-state index in [1.165, 1.54) is 18.2 Å². The number of piperidine rings is 1. The minimum Gasteiger partial charge on any atom is -0.507 e. The second-order valence-electron chi connectivity index (χ2n) is 4.66. The van der Waals surface area contributed by atoms with Crippen LogP contribution in [0, 0.1) is 11.8 Å². The minimum absolute atomic E-state index is 0.0366. The molecule has 5 heteroatoms. The summed E-state index contributed by atoms with van der Waals surface area (Å²) in [6, 6.07) is 4.47. The van der Waals surface area contributed by atoms with Crippen LogP contribution >= 0.6 is 0 Å². The lowest BCUT2D eigenvalue weighted by Crippen LogP contribution is -2.32. The SMILES string of the molecule is O=C(NC1C2CNCC21)c1c(O)cccc1O. The Morgan fingerprint density at radius 2 is 1.82 bits per heavy atom. The van der Waals surface area contributed by atoms with E-state index in [0.29, 0.717) is 11.8 Å². The fraction of sp³-hybridized carbons (Fsp3) is 0.417. The summed E-state index contributed by atoms with van der Waals surface area (Å²) in [5.74, 6) is 0.233. The lowest BCUT2D eigenvalue weighted by molar-refractivity contribution is 0.0941. The number of hydrogen-bond donors (Lipinski definition) is 4. The lowest BCUT2D eigenvalue weighted by atomic mass is 10.1. The number of hydrogen-bond acceptors (Lipinski definition) is 4. The number of fused-ring (bicyclic) bond motifs is 1. The summed E-state index contributed by atoms with van der Waals surface area (Å²) in [6.07, 6.45) is 0. The Morgan fingerprint density at radius 1 is 1.24 bits per heavy atom. The van der Waals surface area contributed by atoms with Crippen LogP contribution in [0.1, 0.15) is 10.4 Å². The number of nitrogens with one attached hydrogen (secondary N) is 2. The molecule has 2 aliphatic rings. The smallest absolute Gasteiger partial charge is 0.259 e. The molecule has 0 radical (unpaired) electrons. The molecule has 0 bridgehead atoms. The van der Waals surface area contributed by atoms with Gasteiger partial charge in [-0.3, -0.25) is 4.79 Å². The van der Waals surface area contributed by atoms with Gasteiger partial charge in [0.15, 0.2) is 0 Å². The summed E-state index contributed by atoms with van der Waals surface area (Å²) in [5.41, 5.74) is -0.0366. The topological polar surface area (TPSA) is 81.6 Å². The molecular formula is C12H14N2O3. The van der Waals surface area contributed by atoms with Crippen molar-refractivity contribution < 1.29 is 15.0 Å². The molecule has 1 aromatic carbocycles. The van der Waals surface area contributed by atoms with E-state index in [1.54, 1.807) is 0 Å². The average molecular weight is 234 g/mol. The van der Waals surface area contributed by atoms with Crippen LogP contribution in [0.15, 0.2) is 18.2 Å². The number of aromatic hydroxyl groups is 2. The quantitative estimate of drug-likeness (QED) is 0.582. The average Bonchev–Trinajstić information content (AvgIpc) is 2.74. The van der Waals surface area contributed by atoms with Gasteiger partial charge in [0, 0.05) is 19.1 Å². The second-order valence-corrected chi connectivity index (χ2v) is 4.66. The molecule has 3 rings (SSSR count). The van der Waals surface area contributed by atoms with E-state index >= 15 is 0 Å². The van der Waals surface area contributed by atoms with Gasteiger partial charge >= 0.3 is 0 Å². The molecule has 0 spiro atoms. The number of amides is 1. The second kappa shape index (κ2) is 3.63. The minimum atomic E-state index is -0.403. The lowest BCUT2D eigenvalue weighted by Gasteiger charge is -2.10. The van der Waals surface area contributed by atoms with Gasteiger partial charge < -0.3 is 20.8 Å². The molecule has 1 aromatic rings. The van der Waals surface area contributed by atoms with Crippen LogP contribution in [-0.4, -0.2) is 35.3 Å². The molecule has 1 saturated heterocycles. The molecule has 1 aliphatic heterocycles. The number of phenols is 2. The van der Waals surface area contributed by atoms with Crippen molar-refractivity contribution in [1.82, 2.24) is 10.6 Å². The van der Waals surface area contributed by atoms with Crippen LogP contribution < -0.4 is 10.6 Å². The summed E-state index contributed by atoms with van der Waals surface area (Å²) in [5, 5.41) is 25.2. The summed E-state index contributed by atoms with van der Waals surface area (Å²) in [4.78, 5) is 11.9. The highest BCUT2D eigenvalue weighted by molar-refractivity contribution is 5.99. The first-order valence-electron chi connectivity index (χ1n) is 5.71. The van der Waals surface area contributed by atoms with E-state index in [-0.39, 0.29) is 23.1 Å². The van der Waals surface area contributed by atoms with Crippen LogP contribution in [0.5, 0.6) is 11.5 Å². The van der Waals surface area contributed by atoms with Crippen molar-refractivity contribution in [2.45, 2.75) is 6.04 Å². The largest absolute Gasteiger partial charge is 0.507 e. The highest BCUT2D eigenvalue weighted by Crippen LogP contribution is 2.42. The molecule has 0 aromatic heterocycles. The first-order valence-corrected chi connectivity index (χ1v) is 5.71. The van der Waals surface area contributed by atoms with E-state index in [9.17, 15) is 15.0 Å². The maximum absolute atomic E-state index is 11.9. The third-order valence-electron chi connectivity index (χ3n) is 3.64. The normalized spacial score (nSPS) is 29.8. The Bertz CT molecular complexity index is 445. The Hall–Kier alpha value is -1.75. The number of benzene rings is 1. The van der Waals surface area contributed by atoms with E-state index in [1.807, 2.05) is 0 Å². The molecule has 1 saturated carbocycles. The zero-order chi connectivity index (χ0) is 12.0. The van der Waals surface area contributed by atoms with Gasteiger partial charge in [-0.05, 0) is 24.0 Å². The van der Waals surface area contributed by atoms with Gasteiger partial charge in [0.2, 0.25) is 0 Å². The molecule has 1 aliphatic carbocycles. The predicted octanol–water partition coefficient (Wildman–Crippen LogP) is 0.0454. The summed E-state index contributed by atoms with van der Waals surface area (Å²) in [7, 11) is 0. The summed E-state index contributed by atoms with van der Waals surface area (Å²) in [6.45, 7) is 1.87. The molecular weight excluding hydrogens is 220 g/mol. The number of carbonyl (C=O) groups is 1. The number of rotatable bonds is 2. The van der Waals surface area contributed by atoms with E-state index in [2.05, 4.69) is 10.6 Å². The molecule has 5 nitrogen and oxygen atoms in total. The fourth-order valence-electron chi connectivity index (χ4n) is 2.62. The number of phenolic OH excluding ortho intramolecular Hbond substituents is 2. The van der Waals surface area contributed by atoms with Crippen LogP contribution in [0.2, 0.25) is 0 Å². The predicted molar refractivity (Wildman–Crippen MR) is 60.9 cm³/mol. The number of carbonyl (C=O) groups excluding carboxylic acids is 1. The van der Waals surface area contributed by atoms with Crippen LogP contribution in [0.3, 0.4) is 0 Å². The molecule has 4 N–H and O–H groups in total. The highest BCUT2D eigenvalue weighted by Gasteiger charge is 2.53. The maximum atomic E-state index is 11.9. The van der Waals surface area contributed by atoms with Crippen molar-refractivity contribution in [3.63, 3.8) is 0 Å². The molecule has 1 heterocycles. The van der Waals surface area contributed by atoms with Crippen molar-refractivity contribution in [3.05, 3.63) is 23.8 Å². The zero-order valence-corrected chi connectivity index (χ0v) is 9.18. The van der Waals surface area contributed by atoms with Gasteiger partial charge in [-0.2, -0.15) is 0 Å². The van der Waals surface area contributed by atoms with E-state index in [0.717, 1.165) is 13.1 Å². The van der Waals surface area contributed by atoms with E-state index in [4.69, 9.17) is 0 Å². The van der Waals surface area contributed by atoms with Gasteiger partial charge in [0.05, 0.1) is 0 Å². The van der Waals surface area contributed by atoms with Crippen molar-refractivity contribution in [2.75, 3.05) is 13.1 Å². The monoisotopic (exact) mass is 234 g/mol. The maximum Gasteiger partial charge on any atom is 0.259 e. The van der Waals surface area contributed by atoms with Crippen molar-refractivity contribution in [1.29, 1.82) is 0 Å². The summed E-state index contributed by atoms with van der Waals surface area (Å²) >= 11 is 0. The molecule has 1 amide bonds. The van der Waals surface area contributed by atoms with Gasteiger partial charge in [0.25, 0.3) is 5.91 Å². The highest BCUT2D eigenvalue weighted by atomic mass is 16.3. The third-order valence-corrected chi connectivity index (χ3v) is 3.64. The Morgan fingerprint density at radius 3 is 2.41 bits per heavy atom. The van der Waals surface area contributed by atoms with Gasteiger partial charge in [-0.15, -0.1) is 0 Å². The van der Waals surface area contributed by atoms with Gasteiger partial charge in [-0.25, -0.2) is 0 Å². The van der Waals surface area contributed by atoms with Crippen LogP contribution in [0.25, 0.3) is 0 Å². The zero-order valence-electron chi connectivity index (χ0n) is 9.18. The molecule has 2 atom stereocenters. The van der Waals surface area contributed by atoms with Gasteiger partial charge in [0.1, 0.15) is 17.1 Å².